The van der Waals surface area contributed by atoms with Crippen LogP contribution in [0.3, 0.4) is 0 Å². The second-order valence-corrected chi connectivity index (χ2v) is 14.7. The summed E-state index contributed by atoms with van der Waals surface area (Å²) in [7, 11) is 1.79. The van der Waals surface area contributed by atoms with E-state index in [4.69, 9.17) is 14.2 Å². The topological polar surface area (TPSA) is 79.0 Å². The molecule has 8 nitrogen and oxygen atoms in total. The molecule has 0 aromatic carbocycles. The Morgan fingerprint density at radius 2 is 1.82 bits per heavy atom. The van der Waals surface area contributed by atoms with Crippen LogP contribution >= 0.6 is 23.5 Å². The molecule has 9 atom stereocenters. The Balaban J connectivity index is 1.09. The maximum atomic E-state index is 6.72. The molecule has 4 N–H and O–H groups in total. The van der Waals surface area contributed by atoms with Crippen LogP contribution in [-0.2, 0) is 14.2 Å². The van der Waals surface area contributed by atoms with Crippen molar-refractivity contribution in [1.29, 1.82) is 0 Å². The number of hydrazine groups is 2. The minimum atomic E-state index is 0.0152. The molecule has 9 unspecified atom stereocenters. The highest BCUT2D eigenvalue weighted by Gasteiger charge is 2.41. The van der Waals surface area contributed by atoms with Gasteiger partial charge in [0.2, 0.25) is 0 Å². The second-order valence-electron chi connectivity index (χ2n) is 12.1. The van der Waals surface area contributed by atoms with E-state index in [2.05, 4.69) is 52.2 Å². The molecule has 3 aliphatic heterocycles. The first-order valence-corrected chi connectivity index (χ1v) is 17.5. The van der Waals surface area contributed by atoms with Crippen molar-refractivity contribution in [1.82, 2.24) is 26.6 Å². The maximum absolute atomic E-state index is 6.72. The van der Waals surface area contributed by atoms with Gasteiger partial charge >= 0.3 is 0 Å². The molecule has 2 saturated carbocycles. The van der Waals surface area contributed by atoms with Crippen molar-refractivity contribution in [3.63, 3.8) is 0 Å². The highest BCUT2D eigenvalue weighted by molar-refractivity contribution is 8.00. The van der Waals surface area contributed by atoms with Gasteiger partial charge in [0.15, 0.2) is 0 Å². The van der Waals surface area contributed by atoms with Crippen molar-refractivity contribution in [2.75, 3.05) is 32.6 Å². The van der Waals surface area contributed by atoms with E-state index in [0.717, 1.165) is 41.9 Å². The molecule has 0 radical (unpaired) electrons. The predicted octanol–water partition coefficient (Wildman–Crippen LogP) is 4.24. The van der Waals surface area contributed by atoms with Crippen LogP contribution in [0.1, 0.15) is 84.5 Å². The van der Waals surface area contributed by atoms with Gasteiger partial charge in [-0.3, -0.25) is 4.90 Å². The lowest BCUT2D eigenvalue weighted by molar-refractivity contribution is -0.0575. The van der Waals surface area contributed by atoms with Gasteiger partial charge in [0.25, 0.3) is 0 Å². The van der Waals surface area contributed by atoms with E-state index in [1.807, 2.05) is 11.8 Å². The second kappa shape index (κ2) is 15.0. The van der Waals surface area contributed by atoms with Crippen LogP contribution in [0.2, 0.25) is 0 Å². The van der Waals surface area contributed by atoms with E-state index in [0.29, 0.717) is 18.0 Å². The number of ether oxygens (including phenoxy) is 3. The number of hydrogen-bond acceptors (Lipinski definition) is 10. The largest absolute Gasteiger partial charge is 0.383 e. The first-order chi connectivity index (χ1) is 18.7. The van der Waals surface area contributed by atoms with Crippen LogP contribution in [-0.4, -0.2) is 78.2 Å². The zero-order valence-corrected chi connectivity index (χ0v) is 25.5. The van der Waals surface area contributed by atoms with Crippen LogP contribution in [0.4, 0.5) is 0 Å². The van der Waals surface area contributed by atoms with E-state index >= 15 is 0 Å². The highest BCUT2D eigenvalue weighted by atomic mass is 32.2. The van der Waals surface area contributed by atoms with E-state index in [1.165, 1.54) is 70.6 Å². The lowest BCUT2D eigenvalue weighted by Gasteiger charge is -2.39. The zero-order valence-electron chi connectivity index (χ0n) is 23.9. The molecule has 0 aromatic heterocycles. The van der Waals surface area contributed by atoms with Crippen LogP contribution < -0.4 is 21.7 Å². The summed E-state index contributed by atoms with van der Waals surface area (Å²) in [4.78, 5) is 2.47. The minimum Gasteiger partial charge on any atom is -0.383 e. The Morgan fingerprint density at radius 3 is 2.61 bits per heavy atom. The molecule has 0 amide bonds. The minimum absolute atomic E-state index is 0.0152. The third-order valence-corrected chi connectivity index (χ3v) is 12.7. The summed E-state index contributed by atoms with van der Waals surface area (Å²) in [6.07, 6.45) is 15.5. The molecule has 5 aliphatic rings. The molecule has 220 valence electrons. The van der Waals surface area contributed by atoms with Gasteiger partial charge in [0.05, 0.1) is 25.5 Å². The van der Waals surface area contributed by atoms with Crippen molar-refractivity contribution in [3.8, 4) is 0 Å². The van der Waals surface area contributed by atoms with Gasteiger partial charge in [-0.15, -0.1) is 11.8 Å². The number of nitrogens with zero attached hydrogens (tertiary/aromatic N) is 1. The molecule has 3 heterocycles. The van der Waals surface area contributed by atoms with Crippen LogP contribution in [0.5, 0.6) is 0 Å². The van der Waals surface area contributed by atoms with Crippen molar-refractivity contribution in [2.45, 2.75) is 125 Å². The molecule has 0 aromatic rings. The van der Waals surface area contributed by atoms with Crippen molar-refractivity contribution in [3.05, 3.63) is 0 Å². The lowest BCUT2D eigenvalue weighted by Crippen LogP contribution is -2.45. The zero-order chi connectivity index (χ0) is 26.3. The SMILES string of the molecule is CCC1SC(C2NNC(CSC3NNC(COC4CCCCC4C4CCCCC4)N3CCOC)O2)CC1C. The van der Waals surface area contributed by atoms with Crippen molar-refractivity contribution >= 4 is 23.5 Å². The Morgan fingerprint density at radius 1 is 1.00 bits per heavy atom. The van der Waals surface area contributed by atoms with Gasteiger partial charge in [-0.05, 0) is 43.4 Å². The Kier molecular flexibility index (Phi) is 11.8. The number of methoxy groups -OCH3 is 1. The quantitative estimate of drug-likeness (QED) is 0.273. The third kappa shape index (κ3) is 7.61. The van der Waals surface area contributed by atoms with Crippen LogP contribution in [0.25, 0.3) is 0 Å². The van der Waals surface area contributed by atoms with Gasteiger partial charge < -0.3 is 14.2 Å². The fraction of sp³-hybridized carbons (Fsp3) is 1.00. The Bertz CT molecular complexity index is 705. The summed E-state index contributed by atoms with van der Waals surface area (Å²) in [5.74, 6) is 3.28. The van der Waals surface area contributed by atoms with Crippen LogP contribution in [0, 0.1) is 17.8 Å². The number of hydrogen-bond donors (Lipinski definition) is 4. The average molecular weight is 572 g/mol. The molecule has 2 aliphatic carbocycles. The molecule has 3 saturated heterocycles. The Hall–Kier alpha value is 0.380. The number of rotatable bonds is 12. The Labute approximate surface area is 239 Å². The van der Waals surface area contributed by atoms with Gasteiger partial charge in [0, 0.05) is 29.9 Å². The van der Waals surface area contributed by atoms with E-state index < -0.39 is 0 Å². The molecule has 0 spiro atoms. The number of nitrogens with one attached hydrogen (secondary N) is 4. The summed E-state index contributed by atoms with van der Waals surface area (Å²) in [5.41, 5.74) is 14.1. The van der Waals surface area contributed by atoms with E-state index in [9.17, 15) is 0 Å². The first kappa shape index (κ1) is 29.9. The predicted molar refractivity (Wildman–Crippen MR) is 157 cm³/mol. The molecule has 0 bridgehead atoms. The highest BCUT2D eigenvalue weighted by Crippen LogP contribution is 2.42. The summed E-state index contributed by atoms with van der Waals surface area (Å²) in [6, 6.07) is 0. The average Bonchev–Trinajstić information content (AvgIpc) is 3.68. The molecule has 10 heteroatoms. The van der Waals surface area contributed by atoms with E-state index in [1.54, 1.807) is 7.11 Å². The molecule has 38 heavy (non-hydrogen) atoms. The standard InChI is InChI=1S/C28H53N5O3S2/c1-4-23-19(2)16-24(38-23)27-31-30-26(36-27)18-37-28-32-29-25(33(28)14-15-34-3)17-35-22-13-9-8-12-21(22)20-10-6-5-7-11-20/h19-32H,4-18H2,1-3H3. The third-order valence-electron chi connectivity index (χ3n) is 9.54. The first-order valence-electron chi connectivity index (χ1n) is 15.5. The molecular weight excluding hydrogens is 518 g/mol. The lowest BCUT2D eigenvalue weighted by atomic mass is 9.72. The van der Waals surface area contributed by atoms with Crippen molar-refractivity contribution in [2.24, 2.45) is 17.8 Å². The maximum Gasteiger partial charge on any atom is 0.134 e. The van der Waals surface area contributed by atoms with Gasteiger partial charge in [-0.1, -0.05) is 58.8 Å². The fourth-order valence-corrected chi connectivity index (χ4v) is 10.2. The van der Waals surface area contributed by atoms with E-state index in [-0.39, 0.29) is 24.1 Å². The monoisotopic (exact) mass is 571 g/mol. The van der Waals surface area contributed by atoms with Gasteiger partial charge in [-0.2, -0.15) is 11.8 Å². The molecule has 5 fully saturated rings. The summed E-state index contributed by atoms with van der Waals surface area (Å²) < 4.78 is 18.6. The van der Waals surface area contributed by atoms with Crippen LogP contribution in [0.15, 0.2) is 0 Å². The van der Waals surface area contributed by atoms with Gasteiger partial charge in [0.1, 0.15) is 18.0 Å². The summed E-state index contributed by atoms with van der Waals surface area (Å²) in [6.45, 7) is 6.99. The fourth-order valence-electron chi connectivity index (χ4n) is 7.38. The number of thioether (sulfide) groups is 2. The van der Waals surface area contributed by atoms with Crippen molar-refractivity contribution < 1.29 is 14.2 Å². The summed E-state index contributed by atoms with van der Waals surface area (Å²) >= 11 is 3.99. The molecule has 5 rings (SSSR count). The summed E-state index contributed by atoms with van der Waals surface area (Å²) in [5, 5.41) is 1.29. The van der Waals surface area contributed by atoms with Gasteiger partial charge in [-0.25, -0.2) is 21.7 Å². The normalized spacial score (nSPS) is 41.3. The molecular formula is C28H53N5O3S2. The smallest absolute Gasteiger partial charge is 0.134 e.